The smallest absolute Gasteiger partial charge is 0.267 e. The zero-order valence-corrected chi connectivity index (χ0v) is 18.5. The van der Waals surface area contributed by atoms with Gasteiger partial charge >= 0.3 is 0 Å². The van der Waals surface area contributed by atoms with E-state index >= 15 is 0 Å². The third kappa shape index (κ3) is 4.65. The van der Waals surface area contributed by atoms with Gasteiger partial charge in [-0.1, -0.05) is 12.1 Å². The molecule has 2 aliphatic heterocycles. The maximum absolute atomic E-state index is 12.9. The summed E-state index contributed by atoms with van der Waals surface area (Å²) >= 11 is 0. The molecule has 32 heavy (non-hydrogen) atoms. The van der Waals surface area contributed by atoms with Crippen molar-refractivity contribution >= 4 is 28.9 Å². The quantitative estimate of drug-likeness (QED) is 0.806. The van der Waals surface area contributed by atoms with Crippen LogP contribution in [0.25, 0.3) is 0 Å². The van der Waals surface area contributed by atoms with E-state index in [0.29, 0.717) is 17.7 Å². The Bertz CT molecular complexity index is 1090. The number of carbonyl (C=O) groups is 2. The molecule has 2 aliphatic rings. The van der Waals surface area contributed by atoms with Gasteiger partial charge in [-0.25, -0.2) is 5.01 Å². The highest BCUT2D eigenvalue weighted by molar-refractivity contribution is 6.40. The topological polar surface area (TPSA) is 88.8 Å². The second kappa shape index (κ2) is 9.23. The van der Waals surface area contributed by atoms with Gasteiger partial charge in [0, 0.05) is 37.7 Å². The number of aryl methyl sites for hydroxylation is 2. The molecule has 0 aromatic heterocycles. The fourth-order valence-corrected chi connectivity index (χ4v) is 4.15. The molecule has 2 aromatic rings. The molecule has 164 valence electrons. The zero-order valence-electron chi connectivity index (χ0n) is 18.5. The third-order valence-corrected chi connectivity index (χ3v) is 6.08. The van der Waals surface area contributed by atoms with E-state index in [2.05, 4.69) is 21.4 Å². The summed E-state index contributed by atoms with van der Waals surface area (Å²) in [5.41, 5.74) is 4.87. The Balaban J connectivity index is 1.39. The molecule has 2 aromatic carbocycles. The SMILES string of the molecule is Cc1ccc(C)c(N2N=C(C(=O)NC3CCN(c4ccc(C#N)cc4)CC3)CCC2=O)c1. The van der Waals surface area contributed by atoms with Crippen LogP contribution in [0.15, 0.2) is 47.6 Å². The largest absolute Gasteiger partial charge is 0.371 e. The molecule has 1 N–H and O–H groups in total. The van der Waals surface area contributed by atoms with E-state index in [0.717, 1.165) is 48.4 Å². The fraction of sp³-hybridized carbons (Fsp3) is 0.360. The lowest BCUT2D eigenvalue weighted by Crippen LogP contribution is -2.48. The van der Waals surface area contributed by atoms with E-state index in [4.69, 9.17) is 5.26 Å². The van der Waals surface area contributed by atoms with Crippen molar-refractivity contribution in [1.29, 1.82) is 5.26 Å². The second-order valence-corrected chi connectivity index (χ2v) is 8.44. The number of rotatable bonds is 4. The first-order chi connectivity index (χ1) is 15.4. The summed E-state index contributed by atoms with van der Waals surface area (Å²) < 4.78 is 0. The molecule has 0 aliphatic carbocycles. The Labute approximate surface area is 188 Å². The molecule has 2 heterocycles. The zero-order chi connectivity index (χ0) is 22.7. The molecule has 0 bridgehead atoms. The summed E-state index contributed by atoms with van der Waals surface area (Å²) in [6.07, 6.45) is 2.30. The van der Waals surface area contributed by atoms with Gasteiger partial charge in [0.2, 0.25) is 5.91 Å². The first-order valence-electron chi connectivity index (χ1n) is 11.0. The Morgan fingerprint density at radius 3 is 2.50 bits per heavy atom. The predicted octanol–water partition coefficient (Wildman–Crippen LogP) is 3.44. The van der Waals surface area contributed by atoms with Crippen molar-refractivity contribution in [3.05, 3.63) is 59.2 Å². The molecular formula is C25H27N5O2. The average molecular weight is 430 g/mol. The number of carbonyl (C=O) groups excluding carboxylic acids is 2. The van der Waals surface area contributed by atoms with Crippen LogP contribution in [-0.4, -0.2) is 36.7 Å². The van der Waals surface area contributed by atoms with Gasteiger partial charge in [-0.15, -0.1) is 0 Å². The van der Waals surface area contributed by atoms with Gasteiger partial charge in [0.05, 0.1) is 17.3 Å². The number of anilines is 2. The molecule has 0 spiro atoms. The minimum Gasteiger partial charge on any atom is -0.371 e. The van der Waals surface area contributed by atoms with Crippen molar-refractivity contribution in [3.8, 4) is 6.07 Å². The molecule has 1 saturated heterocycles. The van der Waals surface area contributed by atoms with Crippen LogP contribution in [0.1, 0.15) is 42.4 Å². The first kappa shape index (κ1) is 21.6. The molecular weight excluding hydrogens is 402 g/mol. The second-order valence-electron chi connectivity index (χ2n) is 8.44. The lowest BCUT2D eigenvalue weighted by atomic mass is 10.0. The molecule has 0 unspecified atom stereocenters. The van der Waals surface area contributed by atoms with Gasteiger partial charge in [-0.2, -0.15) is 10.4 Å². The highest BCUT2D eigenvalue weighted by Crippen LogP contribution is 2.26. The van der Waals surface area contributed by atoms with Crippen LogP contribution >= 0.6 is 0 Å². The minimum absolute atomic E-state index is 0.0756. The summed E-state index contributed by atoms with van der Waals surface area (Å²) in [5.74, 6) is -0.282. The Kier molecular flexibility index (Phi) is 6.22. The first-order valence-corrected chi connectivity index (χ1v) is 11.0. The molecule has 4 rings (SSSR count). The molecule has 7 heteroatoms. The highest BCUT2D eigenvalue weighted by Gasteiger charge is 2.28. The highest BCUT2D eigenvalue weighted by atomic mass is 16.2. The number of hydrogen-bond acceptors (Lipinski definition) is 5. The molecule has 1 fully saturated rings. The predicted molar refractivity (Wildman–Crippen MR) is 125 cm³/mol. The summed E-state index contributed by atoms with van der Waals surface area (Å²) in [4.78, 5) is 27.7. The summed E-state index contributed by atoms with van der Waals surface area (Å²) in [6.45, 7) is 5.57. The maximum atomic E-state index is 12.9. The summed E-state index contributed by atoms with van der Waals surface area (Å²) in [5, 5.41) is 17.9. The average Bonchev–Trinajstić information content (AvgIpc) is 2.81. The molecule has 0 atom stereocenters. The van der Waals surface area contributed by atoms with Gasteiger partial charge in [0.15, 0.2) is 0 Å². The molecule has 0 radical (unpaired) electrons. The molecule has 7 nitrogen and oxygen atoms in total. The lowest BCUT2D eigenvalue weighted by molar-refractivity contribution is -0.119. The number of amides is 2. The van der Waals surface area contributed by atoms with Crippen LogP contribution in [0.4, 0.5) is 11.4 Å². The van der Waals surface area contributed by atoms with Crippen molar-refractivity contribution in [3.63, 3.8) is 0 Å². The van der Waals surface area contributed by atoms with Crippen molar-refractivity contribution in [2.45, 2.75) is 45.6 Å². The number of nitrogens with zero attached hydrogens (tertiary/aromatic N) is 4. The third-order valence-electron chi connectivity index (χ3n) is 6.08. The normalized spacial score (nSPS) is 17.0. The van der Waals surface area contributed by atoms with E-state index in [-0.39, 0.29) is 24.3 Å². The summed E-state index contributed by atoms with van der Waals surface area (Å²) in [6, 6.07) is 15.7. The Morgan fingerprint density at radius 2 is 1.81 bits per heavy atom. The van der Waals surface area contributed by atoms with Crippen molar-refractivity contribution in [2.75, 3.05) is 23.0 Å². The van der Waals surface area contributed by atoms with Crippen LogP contribution in [0.2, 0.25) is 0 Å². The minimum atomic E-state index is -0.190. The van der Waals surface area contributed by atoms with Crippen LogP contribution in [0.5, 0.6) is 0 Å². The van der Waals surface area contributed by atoms with Gasteiger partial charge in [0.25, 0.3) is 5.91 Å². The monoisotopic (exact) mass is 429 g/mol. The number of nitrogens with one attached hydrogen (secondary N) is 1. The Hall–Kier alpha value is -3.66. The van der Waals surface area contributed by atoms with E-state index in [1.54, 1.807) is 0 Å². The van der Waals surface area contributed by atoms with Gasteiger partial charge in [-0.05, 0) is 68.1 Å². The number of hydrazone groups is 1. The van der Waals surface area contributed by atoms with Gasteiger partial charge in [0.1, 0.15) is 5.71 Å². The number of hydrogen-bond donors (Lipinski definition) is 1. The van der Waals surface area contributed by atoms with E-state index in [1.807, 2.05) is 56.3 Å². The van der Waals surface area contributed by atoms with Crippen molar-refractivity contribution in [1.82, 2.24) is 5.32 Å². The fourth-order valence-electron chi connectivity index (χ4n) is 4.15. The van der Waals surface area contributed by atoms with Gasteiger partial charge in [-0.3, -0.25) is 9.59 Å². The van der Waals surface area contributed by atoms with E-state index in [9.17, 15) is 9.59 Å². The maximum Gasteiger partial charge on any atom is 0.267 e. The van der Waals surface area contributed by atoms with E-state index in [1.165, 1.54) is 5.01 Å². The van der Waals surface area contributed by atoms with Crippen LogP contribution < -0.4 is 15.2 Å². The standard InChI is InChI=1S/C25H27N5O2/c1-17-3-4-18(2)23(15-17)30-24(31)10-9-22(28-30)25(32)27-20-11-13-29(14-12-20)21-7-5-19(16-26)6-8-21/h3-8,15,20H,9-14H2,1-2H3,(H,27,32). The Morgan fingerprint density at radius 1 is 1.09 bits per heavy atom. The van der Waals surface area contributed by atoms with Crippen molar-refractivity contribution < 1.29 is 9.59 Å². The van der Waals surface area contributed by atoms with Crippen LogP contribution in [-0.2, 0) is 9.59 Å². The molecule has 2 amide bonds. The van der Waals surface area contributed by atoms with Gasteiger partial charge < -0.3 is 10.2 Å². The van der Waals surface area contributed by atoms with Crippen LogP contribution in [0, 0.1) is 25.2 Å². The number of piperidine rings is 1. The summed E-state index contributed by atoms with van der Waals surface area (Å²) in [7, 11) is 0. The number of nitriles is 1. The molecule has 0 saturated carbocycles. The van der Waals surface area contributed by atoms with Crippen molar-refractivity contribution in [2.24, 2.45) is 5.10 Å². The van der Waals surface area contributed by atoms with Crippen LogP contribution in [0.3, 0.4) is 0 Å². The van der Waals surface area contributed by atoms with E-state index < -0.39 is 0 Å². The lowest BCUT2D eigenvalue weighted by Gasteiger charge is -2.34. The number of benzene rings is 2.